The molecular weight excluding hydrogens is 398 g/mol. The van der Waals surface area contributed by atoms with E-state index in [-0.39, 0.29) is 29.1 Å². The van der Waals surface area contributed by atoms with Gasteiger partial charge < -0.3 is 15.7 Å². The van der Waals surface area contributed by atoms with Crippen LogP contribution in [0.3, 0.4) is 0 Å². The first kappa shape index (κ1) is 20.7. The van der Waals surface area contributed by atoms with Crippen LogP contribution in [0.2, 0.25) is 0 Å². The Morgan fingerprint density at radius 2 is 2.13 bits per heavy atom. The number of amides is 1. The number of hydrogen-bond donors (Lipinski definition) is 3. The molecule has 2 unspecified atom stereocenters. The Morgan fingerprint density at radius 1 is 1.32 bits per heavy atom. The molecule has 0 saturated carbocycles. The third-order valence-electron chi connectivity index (χ3n) is 5.73. The van der Waals surface area contributed by atoms with Crippen LogP contribution in [0.4, 0.5) is 11.4 Å². The minimum absolute atomic E-state index is 0.0127. The molecule has 31 heavy (non-hydrogen) atoms. The van der Waals surface area contributed by atoms with Crippen LogP contribution in [0.1, 0.15) is 47.3 Å². The summed E-state index contributed by atoms with van der Waals surface area (Å²) in [4.78, 5) is 32.3. The quantitative estimate of drug-likeness (QED) is 0.433. The molecule has 3 aromatic rings. The van der Waals surface area contributed by atoms with Gasteiger partial charge in [-0.15, -0.1) is 0 Å². The first-order valence-corrected chi connectivity index (χ1v) is 10.1. The lowest BCUT2D eigenvalue weighted by Gasteiger charge is -2.30. The second-order valence-corrected chi connectivity index (χ2v) is 7.86. The highest BCUT2D eigenvalue weighted by Gasteiger charge is 2.29. The van der Waals surface area contributed by atoms with Gasteiger partial charge in [0.05, 0.1) is 21.7 Å². The lowest BCUT2D eigenvalue weighted by atomic mass is 9.86. The third-order valence-corrected chi connectivity index (χ3v) is 5.73. The van der Waals surface area contributed by atoms with Crippen molar-refractivity contribution in [3.63, 3.8) is 0 Å². The number of benzene rings is 1. The van der Waals surface area contributed by atoms with Crippen molar-refractivity contribution < 1.29 is 14.8 Å². The Morgan fingerprint density at radius 3 is 2.87 bits per heavy atom. The van der Waals surface area contributed by atoms with Gasteiger partial charge in [-0.1, -0.05) is 0 Å². The van der Waals surface area contributed by atoms with Crippen LogP contribution in [0.5, 0.6) is 5.88 Å². The summed E-state index contributed by atoms with van der Waals surface area (Å²) in [5, 5.41) is 28.0. The smallest absolute Gasteiger partial charge is 0.288 e. The molecule has 1 amide bonds. The summed E-state index contributed by atoms with van der Waals surface area (Å²) in [6, 6.07) is 8.11. The number of aromatic nitrogens is 2. The number of nitro groups is 1. The molecular formula is C22H23N5O4. The van der Waals surface area contributed by atoms with Gasteiger partial charge in [0.1, 0.15) is 6.20 Å². The molecule has 0 bridgehead atoms. The van der Waals surface area contributed by atoms with E-state index >= 15 is 0 Å². The topological polar surface area (TPSA) is 130 Å². The summed E-state index contributed by atoms with van der Waals surface area (Å²) in [5.74, 6) is -0.529. The summed E-state index contributed by atoms with van der Waals surface area (Å²) < 4.78 is 0. The number of carbonyl (C=O) groups is 1. The fraction of sp³-hybridized carbons (Fsp3) is 0.318. The van der Waals surface area contributed by atoms with E-state index in [0.29, 0.717) is 16.9 Å². The van der Waals surface area contributed by atoms with Crippen LogP contribution in [0.15, 0.2) is 36.5 Å². The van der Waals surface area contributed by atoms with Crippen LogP contribution in [0.25, 0.3) is 10.9 Å². The molecule has 9 nitrogen and oxygen atoms in total. The molecule has 3 heterocycles. The molecule has 0 aliphatic carbocycles. The van der Waals surface area contributed by atoms with E-state index in [1.807, 2.05) is 13.8 Å². The molecule has 1 fully saturated rings. The highest BCUT2D eigenvalue weighted by atomic mass is 16.6. The van der Waals surface area contributed by atoms with Gasteiger partial charge in [-0.3, -0.25) is 19.9 Å². The first-order valence-electron chi connectivity index (χ1n) is 10.1. The van der Waals surface area contributed by atoms with Crippen molar-refractivity contribution in [2.45, 2.75) is 38.6 Å². The number of carbonyl (C=O) groups excluding carboxylic acids is 1. The largest absolute Gasteiger partial charge is 0.493 e. The Balaban J connectivity index is 1.71. The molecule has 1 saturated heterocycles. The normalized spacial score (nSPS) is 18.6. The molecule has 160 valence electrons. The van der Waals surface area contributed by atoms with Crippen molar-refractivity contribution >= 4 is 28.2 Å². The summed E-state index contributed by atoms with van der Waals surface area (Å²) in [7, 11) is 0. The molecule has 1 aromatic carbocycles. The van der Waals surface area contributed by atoms with E-state index in [0.717, 1.165) is 30.3 Å². The fourth-order valence-electron chi connectivity index (χ4n) is 4.11. The van der Waals surface area contributed by atoms with Gasteiger partial charge in [0, 0.05) is 35.2 Å². The SMILES string of the molecule is Cc1cc(O)nc2ccc(NC(=O)c3cc([N+](=O)[O-])cnc3C3CCCNC3C)cc12. The van der Waals surface area contributed by atoms with Gasteiger partial charge in [0.25, 0.3) is 11.6 Å². The Labute approximate surface area is 178 Å². The number of nitrogens with zero attached hydrogens (tertiary/aromatic N) is 3. The number of pyridine rings is 2. The maximum absolute atomic E-state index is 13.2. The molecule has 2 aromatic heterocycles. The molecule has 2 atom stereocenters. The third kappa shape index (κ3) is 4.17. The number of nitrogens with one attached hydrogen (secondary N) is 2. The van der Waals surface area contributed by atoms with E-state index in [1.165, 1.54) is 12.3 Å². The van der Waals surface area contributed by atoms with Crippen molar-refractivity contribution in [2.24, 2.45) is 0 Å². The Bertz CT molecular complexity index is 1180. The lowest BCUT2D eigenvalue weighted by Crippen LogP contribution is -2.38. The number of hydrogen-bond acceptors (Lipinski definition) is 7. The van der Waals surface area contributed by atoms with Crippen LogP contribution >= 0.6 is 0 Å². The van der Waals surface area contributed by atoms with Crippen LogP contribution < -0.4 is 10.6 Å². The van der Waals surface area contributed by atoms with Crippen molar-refractivity contribution in [1.29, 1.82) is 0 Å². The fourth-order valence-corrected chi connectivity index (χ4v) is 4.11. The lowest BCUT2D eigenvalue weighted by molar-refractivity contribution is -0.385. The Hall–Kier alpha value is -3.59. The van der Waals surface area contributed by atoms with Gasteiger partial charge >= 0.3 is 0 Å². The second-order valence-electron chi connectivity index (χ2n) is 7.86. The summed E-state index contributed by atoms with van der Waals surface area (Å²) >= 11 is 0. The summed E-state index contributed by atoms with van der Waals surface area (Å²) in [6.07, 6.45) is 3.01. The number of piperidine rings is 1. The molecule has 3 N–H and O–H groups in total. The number of rotatable bonds is 4. The second kappa shape index (κ2) is 8.27. The van der Waals surface area contributed by atoms with Gasteiger partial charge in [-0.25, -0.2) is 4.98 Å². The van der Waals surface area contributed by atoms with E-state index < -0.39 is 10.8 Å². The molecule has 1 aliphatic rings. The van der Waals surface area contributed by atoms with Crippen molar-refractivity contribution in [2.75, 3.05) is 11.9 Å². The zero-order valence-corrected chi connectivity index (χ0v) is 17.3. The highest BCUT2D eigenvalue weighted by Crippen LogP contribution is 2.31. The van der Waals surface area contributed by atoms with Gasteiger partial charge in [0.15, 0.2) is 0 Å². The summed E-state index contributed by atoms with van der Waals surface area (Å²) in [6.45, 7) is 4.77. The predicted octanol–water partition coefficient (Wildman–Crippen LogP) is 3.66. The van der Waals surface area contributed by atoms with E-state index in [9.17, 15) is 20.0 Å². The van der Waals surface area contributed by atoms with Crippen molar-refractivity contribution in [1.82, 2.24) is 15.3 Å². The van der Waals surface area contributed by atoms with Gasteiger partial charge in [-0.05, 0) is 57.0 Å². The minimum atomic E-state index is -0.548. The predicted molar refractivity (Wildman–Crippen MR) is 116 cm³/mol. The average Bonchev–Trinajstić information content (AvgIpc) is 2.74. The molecule has 0 spiro atoms. The van der Waals surface area contributed by atoms with E-state index in [1.54, 1.807) is 24.3 Å². The maximum Gasteiger partial charge on any atom is 0.288 e. The van der Waals surface area contributed by atoms with Crippen molar-refractivity contribution in [3.05, 3.63) is 63.5 Å². The highest BCUT2D eigenvalue weighted by molar-refractivity contribution is 6.06. The number of anilines is 1. The number of fused-ring (bicyclic) bond motifs is 1. The van der Waals surface area contributed by atoms with Crippen LogP contribution in [-0.2, 0) is 0 Å². The van der Waals surface area contributed by atoms with E-state index in [4.69, 9.17) is 0 Å². The monoisotopic (exact) mass is 421 g/mol. The van der Waals surface area contributed by atoms with Crippen molar-refractivity contribution in [3.8, 4) is 5.88 Å². The minimum Gasteiger partial charge on any atom is -0.493 e. The number of aryl methyl sites for hydroxylation is 1. The first-order chi connectivity index (χ1) is 14.8. The molecule has 4 rings (SSSR count). The molecule has 0 radical (unpaired) electrons. The Kier molecular flexibility index (Phi) is 5.51. The molecule has 1 aliphatic heterocycles. The average molecular weight is 421 g/mol. The molecule has 9 heteroatoms. The van der Waals surface area contributed by atoms with Crippen LogP contribution in [-0.4, -0.2) is 38.5 Å². The standard InChI is InChI=1S/C22H23N5O4/c1-12-8-20(28)26-19-6-5-14(9-17(12)19)25-22(29)18-10-15(27(30)31)11-24-21(18)16-4-3-7-23-13(16)2/h5-6,8-11,13,16,23H,3-4,7H2,1-2H3,(H,25,29)(H,26,28). The maximum atomic E-state index is 13.2. The number of aromatic hydroxyl groups is 1. The summed E-state index contributed by atoms with van der Waals surface area (Å²) in [5.41, 5.74) is 2.50. The zero-order valence-electron chi connectivity index (χ0n) is 17.3. The van der Waals surface area contributed by atoms with Gasteiger partial charge in [-0.2, -0.15) is 0 Å². The van der Waals surface area contributed by atoms with E-state index in [2.05, 4.69) is 20.6 Å². The van der Waals surface area contributed by atoms with Crippen LogP contribution in [0, 0.1) is 17.0 Å². The van der Waals surface area contributed by atoms with Gasteiger partial charge in [0.2, 0.25) is 5.88 Å². The zero-order chi connectivity index (χ0) is 22.1.